The van der Waals surface area contributed by atoms with Gasteiger partial charge in [-0.05, 0) is 35.9 Å². The first-order chi connectivity index (χ1) is 10.6. The summed E-state index contributed by atoms with van der Waals surface area (Å²) in [5, 5.41) is 17.2. The number of ketones is 1. The number of aliphatic hydroxyl groups is 1. The Morgan fingerprint density at radius 1 is 0.955 bits per heavy atom. The average molecular weight is 298 g/mol. The van der Waals surface area contributed by atoms with E-state index >= 15 is 0 Å². The van der Waals surface area contributed by atoms with Crippen molar-refractivity contribution in [1.82, 2.24) is 0 Å². The summed E-state index contributed by atoms with van der Waals surface area (Å²) >= 11 is 0. The number of rotatable bonds is 6. The Kier molecular flexibility index (Phi) is 5.06. The Morgan fingerprint density at radius 2 is 1.50 bits per heavy atom. The molecule has 0 saturated carbocycles. The third-order valence-corrected chi connectivity index (χ3v) is 2.94. The summed E-state index contributed by atoms with van der Waals surface area (Å²) in [7, 11) is 0. The van der Waals surface area contributed by atoms with Gasteiger partial charge in [0.25, 0.3) is 0 Å². The van der Waals surface area contributed by atoms with Crippen LogP contribution in [0.2, 0.25) is 0 Å². The number of aliphatic hydroxyl groups excluding tert-OH is 1. The molecule has 0 atom stereocenters. The predicted molar refractivity (Wildman–Crippen MR) is 80.7 cm³/mol. The minimum atomic E-state index is -1.02. The highest BCUT2D eigenvalue weighted by Gasteiger charge is 2.08. The smallest absolute Gasteiger partial charge is 0.328 e. The van der Waals surface area contributed by atoms with Gasteiger partial charge in [-0.15, -0.1) is 0 Å². The number of carboxylic acids is 1. The molecule has 0 saturated heterocycles. The van der Waals surface area contributed by atoms with E-state index in [1.165, 1.54) is 6.08 Å². The molecule has 0 unspecified atom stereocenters. The van der Waals surface area contributed by atoms with Crippen LogP contribution in [0.3, 0.4) is 0 Å². The molecule has 2 aromatic carbocycles. The van der Waals surface area contributed by atoms with Crippen molar-refractivity contribution in [2.75, 3.05) is 6.79 Å². The van der Waals surface area contributed by atoms with Crippen molar-refractivity contribution in [3.63, 3.8) is 0 Å². The number of carbonyl (C=O) groups excluding carboxylic acids is 1. The molecule has 0 spiro atoms. The molecule has 112 valence electrons. The number of carbonyl (C=O) groups is 2. The average Bonchev–Trinajstić information content (AvgIpc) is 2.54. The summed E-state index contributed by atoms with van der Waals surface area (Å²) in [5.74, 6) is -0.692. The van der Waals surface area contributed by atoms with Crippen LogP contribution in [0.25, 0.3) is 6.08 Å². The first-order valence-electron chi connectivity index (χ1n) is 6.49. The maximum absolute atomic E-state index is 12.3. The largest absolute Gasteiger partial charge is 0.478 e. The number of carboxylic acid groups (broad SMARTS) is 1. The first kappa shape index (κ1) is 15.5. The molecule has 2 rings (SSSR count). The maximum atomic E-state index is 12.3. The quantitative estimate of drug-likeness (QED) is 0.486. The lowest BCUT2D eigenvalue weighted by molar-refractivity contribution is -0.131. The van der Waals surface area contributed by atoms with Crippen LogP contribution >= 0.6 is 0 Å². The maximum Gasteiger partial charge on any atom is 0.328 e. The summed E-state index contributed by atoms with van der Waals surface area (Å²) in [4.78, 5) is 22.7. The molecule has 0 radical (unpaired) electrons. The van der Waals surface area contributed by atoms with Crippen molar-refractivity contribution in [2.45, 2.75) is 0 Å². The highest BCUT2D eigenvalue weighted by molar-refractivity contribution is 6.09. The molecule has 0 aliphatic carbocycles. The van der Waals surface area contributed by atoms with Crippen LogP contribution in [0, 0.1) is 0 Å². The molecule has 22 heavy (non-hydrogen) atoms. The van der Waals surface area contributed by atoms with Crippen LogP contribution in [0.15, 0.2) is 54.6 Å². The van der Waals surface area contributed by atoms with E-state index in [1.807, 2.05) is 0 Å². The SMILES string of the molecule is O=C(O)C=Cc1ccc(C(=O)c2ccc(OCO)cc2)cc1. The van der Waals surface area contributed by atoms with Crippen molar-refractivity contribution >= 4 is 17.8 Å². The topological polar surface area (TPSA) is 83.8 Å². The van der Waals surface area contributed by atoms with Gasteiger partial charge < -0.3 is 14.9 Å². The molecule has 0 bridgehead atoms. The summed E-state index contributed by atoms with van der Waals surface area (Å²) in [6, 6.07) is 13.1. The van der Waals surface area contributed by atoms with Gasteiger partial charge in [0.1, 0.15) is 5.75 Å². The molecule has 0 aliphatic rings. The summed E-state index contributed by atoms with van der Waals surface area (Å²) in [5.41, 5.74) is 1.70. The van der Waals surface area contributed by atoms with Crippen molar-refractivity contribution in [3.05, 3.63) is 71.3 Å². The molecule has 0 amide bonds. The van der Waals surface area contributed by atoms with E-state index < -0.39 is 12.8 Å². The van der Waals surface area contributed by atoms with Crippen molar-refractivity contribution in [2.24, 2.45) is 0 Å². The van der Waals surface area contributed by atoms with E-state index in [4.69, 9.17) is 14.9 Å². The normalized spacial score (nSPS) is 10.6. The highest BCUT2D eigenvalue weighted by Crippen LogP contribution is 2.16. The van der Waals surface area contributed by atoms with Gasteiger partial charge in [-0.2, -0.15) is 0 Å². The molecule has 0 aromatic heterocycles. The second-order valence-corrected chi connectivity index (χ2v) is 4.42. The van der Waals surface area contributed by atoms with E-state index in [-0.39, 0.29) is 5.78 Å². The zero-order valence-corrected chi connectivity index (χ0v) is 11.6. The van der Waals surface area contributed by atoms with E-state index in [1.54, 1.807) is 48.5 Å². The third kappa shape index (κ3) is 4.04. The molecule has 0 heterocycles. The Hall–Kier alpha value is -2.92. The predicted octanol–water partition coefficient (Wildman–Crippen LogP) is 2.34. The number of benzene rings is 2. The lowest BCUT2D eigenvalue weighted by Gasteiger charge is -2.04. The molecular formula is C17H14O5. The summed E-state index contributed by atoms with van der Waals surface area (Å²) < 4.78 is 4.90. The lowest BCUT2D eigenvalue weighted by atomic mass is 10.0. The van der Waals surface area contributed by atoms with E-state index in [0.29, 0.717) is 22.4 Å². The highest BCUT2D eigenvalue weighted by atomic mass is 16.6. The van der Waals surface area contributed by atoms with Crippen molar-refractivity contribution in [3.8, 4) is 5.75 Å². The summed E-state index contributed by atoms with van der Waals surface area (Å²) in [6.07, 6.45) is 2.49. The molecule has 2 N–H and O–H groups in total. The molecule has 0 aliphatic heterocycles. The Labute approximate surface area is 127 Å². The van der Waals surface area contributed by atoms with Crippen LogP contribution < -0.4 is 4.74 Å². The van der Waals surface area contributed by atoms with Crippen LogP contribution in [0.1, 0.15) is 21.5 Å². The van der Waals surface area contributed by atoms with Crippen molar-refractivity contribution in [1.29, 1.82) is 0 Å². The molecule has 5 nitrogen and oxygen atoms in total. The third-order valence-electron chi connectivity index (χ3n) is 2.94. The van der Waals surface area contributed by atoms with Crippen LogP contribution in [0.4, 0.5) is 0 Å². The summed E-state index contributed by atoms with van der Waals surface area (Å²) in [6.45, 7) is -0.418. The monoisotopic (exact) mass is 298 g/mol. The lowest BCUT2D eigenvalue weighted by Crippen LogP contribution is -2.01. The Bertz CT molecular complexity index is 684. The zero-order valence-electron chi connectivity index (χ0n) is 11.6. The second-order valence-electron chi connectivity index (χ2n) is 4.42. The van der Waals surface area contributed by atoms with Gasteiger partial charge in [-0.1, -0.05) is 24.3 Å². The van der Waals surface area contributed by atoms with Gasteiger partial charge in [-0.3, -0.25) is 4.79 Å². The fourth-order valence-electron chi connectivity index (χ4n) is 1.86. The minimum absolute atomic E-state index is 0.149. The van der Waals surface area contributed by atoms with Gasteiger partial charge in [0.2, 0.25) is 0 Å². The number of hydrogen-bond acceptors (Lipinski definition) is 4. The van der Waals surface area contributed by atoms with Gasteiger partial charge in [0.05, 0.1) is 0 Å². The second kappa shape index (κ2) is 7.19. The van der Waals surface area contributed by atoms with Gasteiger partial charge >= 0.3 is 5.97 Å². The number of hydrogen-bond donors (Lipinski definition) is 2. The number of ether oxygens (including phenoxy) is 1. The van der Waals surface area contributed by atoms with Gasteiger partial charge in [0, 0.05) is 17.2 Å². The minimum Gasteiger partial charge on any atom is -0.478 e. The van der Waals surface area contributed by atoms with E-state index in [9.17, 15) is 9.59 Å². The van der Waals surface area contributed by atoms with Crippen LogP contribution in [-0.2, 0) is 4.79 Å². The van der Waals surface area contributed by atoms with Gasteiger partial charge in [-0.25, -0.2) is 4.79 Å². The van der Waals surface area contributed by atoms with Gasteiger partial charge in [0.15, 0.2) is 12.6 Å². The fourth-order valence-corrected chi connectivity index (χ4v) is 1.86. The van der Waals surface area contributed by atoms with E-state index in [2.05, 4.69) is 0 Å². The van der Waals surface area contributed by atoms with Crippen molar-refractivity contribution < 1.29 is 24.5 Å². The standard InChI is InChI=1S/C17H14O5/c18-11-22-15-8-6-14(7-9-15)17(21)13-4-1-12(2-5-13)3-10-16(19)20/h1-10,18H,11H2,(H,19,20). The first-order valence-corrected chi connectivity index (χ1v) is 6.49. The van der Waals surface area contributed by atoms with Crippen LogP contribution in [-0.4, -0.2) is 28.8 Å². The van der Waals surface area contributed by atoms with E-state index in [0.717, 1.165) is 6.08 Å². The molecule has 5 heteroatoms. The number of aliphatic carboxylic acids is 1. The Balaban J connectivity index is 2.13. The fraction of sp³-hybridized carbons (Fsp3) is 0.0588. The zero-order chi connectivity index (χ0) is 15.9. The Morgan fingerprint density at radius 3 is 2.00 bits per heavy atom. The van der Waals surface area contributed by atoms with Crippen LogP contribution in [0.5, 0.6) is 5.75 Å². The molecule has 2 aromatic rings. The molecule has 0 fully saturated rings. The molecular weight excluding hydrogens is 284 g/mol.